The molecule has 0 saturated carbocycles. The Bertz CT molecular complexity index is 2980. The van der Waals surface area contributed by atoms with Crippen molar-refractivity contribution in [2.75, 3.05) is 9.80 Å². The number of para-hydroxylation sites is 2. The molecule has 0 bridgehead atoms. The van der Waals surface area contributed by atoms with Crippen LogP contribution in [-0.2, 0) is 5.41 Å². The highest BCUT2D eigenvalue weighted by Crippen LogP contribution is 2.65. The first kappa shape index (κ1) is 34.8. The predicted octanol–water partition coefficient (Wildman–Crippen LogP) is 15.9. The van der Waals surface area contributed by atoms with Crippen LogP contribution in [0.25, 0.3) is 55.6 Å². The maximum atomic E-state index is 2.56. The van der Waals surface area contributed by atoms with Gasteiger partial charge in [0.15, 0.2) is 0 Å². The van der Waals surface area contributed by atoms with Gasteiger partial charge in [-0.15, -0.1) is 0 Å². The van der Waals surface area contributed by atoms with Gasteiger partial charge in [0.1, 0.15) is 0 Å². The Balaban J connectivity index is 1.31. The van der Waals surface area contributed by atoms with E-state index in [1.807, 2.05) is 0 Å². The lowest BCUT2D eigenvalue weighted by Crippen LogP contribution is -2.26. The minimum absolute atomic E-state index is 0.277. The molecule has 9 aromatic rings. The maximum Gasteiger partial charge on any atom is 0.0791 e. The predicted molar refractivity (Wildman–Crippen MR) is 249 cm³/mol. The molecule has 1 aliphatic heterocycles. The third-order valence-corrected chi connectivity index (χ3v) is 12.3. The molecule has 0 N–H and O–H groups in total. The van der Waals surface area contributed by atoms with Crippen LogP contribution < -0.4 is 9.80 Å². The van der Waals surface area contributed by atoms with Crippen LogP contribution in [0.1, 0.15) is 25.0 Å². The summed E-state index contributed by atoms with van der Waals surface area (Å²) in [6.45, 7) is 4.82. The molecule has 0 saturated heterocycles. The van der Waals surface area contributed by atoms with E-state index >= 15 is 0 Å². The average Bonchev–Trinajstić information content (AvgIpc) is 3.54. The van der Waals surface area contributed by atoms with Gasteiger partial charge < -0.3 is 9.80 Å². The van der Waals surface area contributed by atoms with Gasteiger partial charge in [0.2, 0.25) is 0 Å². The molecule has 0 atom stereocenters. The normalized spacial score (nSPS) is 13.3. The van der Waals surface area contributed by atoms with E-state index in [4.69, 9.17) is 0 Å². The van der Waals surface area contributed by atoms with Gasteiger partial charge in [-0.1, -0.05) is 184 Å². The molecule has 0 aromatic heterocycles. The van der Waals surface area contributed by atoms with Crippen LogP contribution in [-0.4, -0.2) is 0 Å². The smallest absolute Gasteiger partial charge is 0.0791 e. The fourth-order valence-corrected chi connectivity index (χ4v) is 9.52. The molecule has 1 heterocycles. The molecule has 9 aromatic carbocycles. The van der Waals surface area contributed by atoms with Gasteiger partial charge in [0, 0.05) is 27.9 Å². The summed E-state index contributed by atoms with van der Waals surface area (Å²) in [6.07, 6.45) is 0. The Morgan fingerprint density at radius 1 is 0.305 bits per heavy atom. The number of nitrogens with zero attached hydrogens (tertiary/aromatic N) is 2. The zero-order chi connectivity index (χ0) is 39.5. The first-order chi connectivity index (χ1) is 29.1. The molecule has 0 amide bonds. The highest BCUT2D eigenvalue weighted by Gasteiger charge is 2.44. The second-order valence-electron chi connectivity index (χ2n) is 16.1. The molecule has 2 heteroatoms. The second kappa shape index (κ2) is 13.9. The van der Waals surface area contributed by atoms with E-state index < -0.39 is 0 Å². The first-order valence-electron chi connectivity index (χ1n) is 20.5. The summed E-state index contributed by atoms with van der Waals surface area (Å²) in [6, 6.07) is 79.9. The largest absolute Gasteiger partial charge is 0.306 e. The minimum atomic E-state index is -0.277. The molecule has 0 fully saturated rings. The highest BCUT2D eigenvalue weighted by molar-refractivity contribution is 6.14. The van der Waals surface area contributed by atoms with Crippen LogP contribution in [0.2, 0.25) is 0 Å². The van der Waals surface area contributed by atoms with Crippen LogP contribution >= 0.6 is 0 Å². The summed E-state index contributed by atoms with van der Waals surface area (Å²) < 4.78 is 0. The lowest BCUT2D eigenvalue weighted by Gasteiger charge is -2.43. The van der Waals surface area contributed by atoms with E-state index in [2.05, 4.69) is 242 Å². The summed E-state index contributed by atoms with van der Waals surface area (Å²) in [5.41, 5.74) is 21.4. The van der Waals surface area contributed by atoms with Crippen molar-refractivity contribution in [3.8, 4) is 55.6 Å². The van der Waals surface area contributed by atoms with Crippen molar-refractivity contribution in [2.24, 2.45) is 0 Å². The van der Waals surface area contributed by atoms with E-state index in [1.165, 1.54) is 78.1 Å². The molecular weight excluding hydrogens is 713 g/mol. The van der Waals surface area contributed by atoms with Crippen molar-refractivity contribution < 1.29 is 0 Å². The molecular formula is C57H42N2. The lowest BCUT2D eigenvalue weighted by molar-refractivity contribution is 0.661. The molecule has 11 rings (SSSR count). The van der Waals surface area contributed by atoms with Gasteiger partial charge in [-0.25, -0.2) is 0 Å². The Morgan fingerprint density at radius 3 is 1.19 bits per heavy atom. The summed E-state index contributed by atoms with van der Waals surface area (Å²) >= 11 is 0. The Hall–Kier alpha value is -7.42. The molecule has 0 radical (unpaired) electrons. The number of rotatable bonds is 6. The number of anilines is 6. The van der Waals surface area contributed by atoms with E-state index in [0.29, 0.717) is 0 Å². The number of fused-ring (bicyclic) bond motifs is 6. The fraction of sp³-hybridized carbons (Fsp3) is 0.0526. The molecule has 1 aliphatic carbocycles. The van der Waals surface area contributed by atoms with Crippen LogP contribution in [0.15, 0.2) is 218 Å². The zero-order valence-corrected chi connectivity index (χ0v) is 33.2. The van der Waals surface area contributed by atoms with Crippen molar-refractivity contribution in [2.45, 2.75) is 19.3 Å². The van der Waals surface area contributed by atoms with Gasteiger partial charge in [0.05, 0.1) is 22.7 Å². The first-order valence-corrected chi connectivity index (χ1v) is 20.5. The fourth-order valence-electron chi connectivity index (χ4n) is 9.52. The van der Waals surface area contributed by atoms with Crippen molar-refractivity contribution in [1.29, 1.82) is 0 Å². The topological polar surface area (TPSA) is 6.48 Å². The van der Waals surface area contributed by atoms with E-state index in [-0.39, 0.29) is 5.41 Å². The molecule has 280 valence electrons. The maximum absolute atomic E-state index is 2.56. The Kier molecular flexibility index (Phi) is 8.20. The SMILES string of the molecule is CC1(C)c2cc(-c3ccccc3)ccc2-c2c1cc(-c1ccccc1)c1c2N(c2ccccc2)c2cc(-c3ccccc3)c(-c3ccccc3)cc2N1c1ccccc1. The Morgan fingerprint density at radius 2 is 0.712 bits per heavy atom. The summed E-state index contributed by atoms with van der Waals surface area (Å²) in [5.74, 6) is 0. The molecule has 2 nitrogen and oxygen atoms in total. The summed E-state index contributed by atoms with van der Waals surface area (Å²) in [5, 5.41) is 0. The average molecular weight is 755 g/mol. The van der Waals surface area contributed by atoms with Crippen molar-refractivity contribution in [3.05, 3.63) is 230 Å². The second-order valence-corrected chi connectivity index (χ2v) is 16.1. The van der Waals surface area contributed by atoms with E-state index in [1.54, 1.807) is 0 Å². The summed E-state index contributed by atoms with van der Waals surface area (Å²) in [4.78, 5) is 5.10. The monoisotopic (exact) mass is 754 g/mol. The highest BCUT2D eigenvalue weighted by atomic mass is 15.3. The Labute approximate surface area is 346 Å². The van der Waals surface area contributed by atoms with Crippen LogP contribution in [0.3, 0.4) is 0 Å². The molecule has 0 unspecified atom stereocenters. The third kappa shape index (κ3) is 5.63. The van der Waals surface area contributed by atoms with Crippen molar-refractivity contribution in [3.63, 3.8) is 0 Å². The van der Waals surface area contributed by atoms with Crippen LogP contribution in [0.5, 0.6) is 0 Å². The third-order valence-electron chi connectivity index (χ3n) is 12.3. The standard InChI is InChI=1S/C57H42N2/c1-57(2)50-35-43(39-21-9-3-10-22-39)33-34-46(50)54-51(57)36-49(42-27-15-6-16-28-42)55-56(54)59(45-31-19-8-20-32-45)53-38-48(41-25-13-5-14-26-41)47(40-23-11-4-12-24-40)37-52(53)58(55)44-29-17-7-18-30-44/h3-38H,1-2H3. The van der Waals surface area contributed by atoms with Gasteiger partial charge in [-0.3, -0.25) is 0 Å². The zero-order valence-electron chi connectivity index (χ0n) is 33.2. The number of hydrogen-bond donors (Lipinski definition) is 0. The van der Waals surface area contributed by atoms with Gasteiger partial charge in [0.25, 0.3) is 0 Å². The van der Waals surface area contributed by atoms with Gasteiger partial charge in [-0.05, 0) is 104 Å². The number of benzene rings is 9. The van der Waals surface area contributed by atoms with Crippen molar-refractivity contribution >= 4 is 34.1 Å². The van der Waals surface area contributed by atoms with E-state index in [0.717, 1.165) is 22.7 Å². The quantitative estimate of drug-likeness (QED) is 0.167. The number of hydrogen-bond acceptors (Lipinski definition) is 2. The van der Waals surface area contributed by atoms with Gasteiger partial charge >= 0.3 is 0 Å². The van der Waals surface area contributed by atoms with E-state index in [9.17, 15) is 0 Å². The molecule has 0 spiro atoms. The van der Waals surface area contributed by atoms with Crippen molar-refractivity contribution in [1.82, 2.24) is 0 Å². The molecule has 2 aliphatic rings. The lowest BCUT2D eigenvalue weighted by atomic mass is 9.80. The van der Waals surface area contributed by atoms with Crippen LogP contribution in [0, 0.1) is 0 Å². The molecule has 59 heavy (non-hydrogen) atoms. The minimum Gasteiger partial charge on any atom is -0.306 e. The van der Waals surface area contributed by atoms with Crippen LogP contribution in [0.4, 0.5) is 34.1 Å². The summed E-state index contributed by atoms with van der Waals surface area (Å²) in [7, 11) is 0. The van der Waals surface area contributed by atoms with Gasteiger partial charge in [-0.2, -0.15) is 0 Å².